The summed E-state index contributed by atoms with van der Waals surface area (Å²) in [5.74, 6) is 1.24. The minimum atomic E-state index is 0.0236. The minimum absolute atomic E-state index is 0.0236. The van der Waals surface area contributed by atoms with Crippen LogP contribution in [-0.2, 0) is 0 Å². The van der Waals surface area contributed by atoms with Crippen LogP contribution in [0.3, 0.4) is 0 Å². The third kappa shape index (κ3) is 3.31. The molecule has 1 aromatic rings. The molecule has 0 spiro atoms. The van der Waals surface area contributed by atoms with Gasteiger partial charge in [-0.3, -0.25) is 0 Å². The second-order valence-corrected chi connectivity index (χ2v) is 4.55. The number of anilines is 1. The van der Waals surface area contributed by atoms with Gasteiger partial charge in [-0.1, -0.05) is 25.4 Å². The van der Waals surface area contributed by atoms with E-state index >= 15 is 0 Å². The summed E-state index contributed by atoms with van der Waals surface area (Å²) in [4.78, 5) is 7.82. The lowest BCUT2D eigenvalue weighted by Gasteiger charge is -2.22. The minimum Gasteiger partial charge on any atom is -0.368 e. The summed E-state index contributed by atoms with van der Waals surface area (Å²) in [7, 11) is 0. The van der Waals surface area contributed by atoms with Crippen LogP contribution in [0.25, 0.3) is 0 Å². The number of alkyl halides is 1. The highest BCUT2D eigenvalue weighted by Gasteiger charge is 2.16. The van der Waals surface area contributed by atoms with E-state index in [0.29, 0.717) is 16.7 Å². The zero-order valence-electron chi connectivity index (χ0n) is 8.22. The standard InChI is InChI=1S/C9H13Cl2N3/c1-9(2,4-10)5-13-8-7(11)3-12-6-14-8/h3,6H,4-5H2,1-2H3,(H,12,13,14). The van der Waals surface area contributed by atoms with Crippen LogP contribution in [0.1, 0.15) is 13.8 Å². The van der Waals surface area contributed by atoms with Gasteiger partial charge in [0.25, 0.3) is 0 Å². The molecule has 0 atom stereocenters. The largest absolute Gasteiger partial charge is 0.368 e. The summed E-state index contributed by atoms with van der Waals surface area (Å²) < 4.78 is 0. The number of nitrogens with one attached hydrogen (secondary N) is 1. The lowest BCUT2D eigenvalue weighted by atomic mass is 9.97. The first-order chi connectivity index (χ1) is 6.55. The molecule has 5 heteroatoms. The molecule has 0 aliphatic carbocycles. The molecule has 0 aromatic carbocycles. The third-order valence-corrected chi connectivity index (χ3v) is 2.76. The van der Waals surface area contributed by atoms with Crippen molar-refractivity contribution in [3.05, 3.63) is 17.5 Å². The molecule has 0 aliphatic heterocycles. The maximum absolute atomic E-state index is 5.88. The molecule has 14 heavy (non-hydrogen) atoms. The van der Waals surface area contributed by atoms with Gasteiger partial charge in [0.05, 0.1) is 6.20 Å². The lowest BCUT2D eigenvalue weighted by Crippen LogP contribution is -2.25. The van der Waals surface area contributed by atoms with E-state index in [9.17, 15) is 0 Å². The van der Waals surface area contributed by atoms with Crippen molar-refractivity contribution in [3.8, 4) is 0 Å². The van der Waals surface area contributed by atoms with E-state index in [0.717, 1.165) is 6.54 Å². The predicted octanol–water partition coefficient (Wildman–Crippen LogP) is 2.81. The molecule has 0 amide bonds. The maximum atomic E-state index is 5.88. The SMILES string of the molecule is CC(C)(CCl)CNc1ncncc1Cl. The number of aromatic nitrogens is 2. The summed E-state index contributed by atoms with van der Waals surface area (Å²) in [5, 5.41) is 3.66. The average molecular weight is 234 g/mol. The summed E-state index contributed by atoms with van der Waals surface area (Å²) in [6.45, 7) is 4.87. The summed E-state index contributed by atoms with van der Waals surface area (Å²) in [6.07, 6.45) is 3.02. The number of hydrogen-bond acceptors (Lipinski definition) is 3. The highest BCUT2D eigenvalue weighted by Crippen LogP contribution is 2.21. The lowest BCUT2D eigenvalue weighted by molar-refractivity contribution is 0.449. The Bertz CT molecular complexity index is 302. The highest BCUT2D eigenvalue weighted by atomic mass is 35.5. The van der Waals surface area contributed by atoms with Crippen molar-refractivity contribution in [2.45, 2.75) is 13.8 Å². The fraction of sp³-hybridized carbons (Fsp3) is 0.556. The van der Waals surface area contributed by atoms with Crippen molar-refractivity contribution in [2.75, 3.05) is 17.7 Å². The molecule has 0 bridgehead atoms. The van der Waals surface area contributed by atoms with E-state index in [1.807, 2.05) is 0 Å². The molecule has 1 N–H and O–H groups in total. The van der Waals surface area contributed by atoms with Crippen molar-refractivity contribution in [3.63, 3.8) is 0 Å². The van der Waals surface area contributed by atoms with Crippen LogP contribution in [0.4, 0.5) is 5.82 Å². The van der Waals surface area contributed by atoms with Crippen LogP contribution in [-0.4, -0.2) is 22.4 Å². The topological polar surface area (TPSA) is 37.8 Å². The Balaban J connectivity index is 2.58. The van der Waals surface area contributed by atoms with Crippen molar-refractivity contribution < 1.29 is 0 Å². The van der Waals surface area contributed by atoms with Crippen LogP contribution in [0, 0.1) is 5.41 Å². The van der Waals surface area contributed by atoms with Crippen LogP contribution in [0.15, 0.2) is 12.5 Å². The Hall–Kier alpha value is -0.540. The normalized spacial score (nSPS) is 11.4. The second-order valence-electron chi connectivity index (χ2n) is 3.87. The first-order valence-electron chi connectivity index (χ1n) is 4.30. The van der Waals surface area contributed by atoms with Gasteiger partial charge in [0.1, 0.15) is 17.2 Å². The Morgan fingerprint density at radius 3 is 2.79 bits per heavy atom. The Morgan fingerprint density at radius 1 is 1.50 bits per heavy atom. The predicted molar refractivity (Wildman–Crippen MR) is 60.0 cm³/mol. The summed E-state index contributed by atoms with van der Waals surface area (Å²) in [5.41, 5.74) is 0.0236. The zero-order valence-corrected chi connectivity index (χ0v) is 9.73. The van der Waals surface area contributed by atoms with Crippen molar-refractivity contribution in [1.29, 1.82) is 0 Å². The number of nitrogens with zero attached hydrogens (tertiary/aromatic N) is 2. The van der Waals surface area contributed by atoms with Gasteiger partial charge < -0.3 is 5.32 Å². The third-order valence-electron chi connectivity index (χ3n) is 1.76. The molecule has 0 saturated carbocycles. The molecule has 0 saturated heterocycles. The molecule has 3 nitrogen and oxygen atoms in total. The second kappa shape index (κ2) is 4.80. The van der Waals surface area contributed by atoms with Crippen LogP contribution in [0.2, 0.25) is 5.02 Å². The molecule has 0 fully saturated rings. The Labute approximate surface area is 93.9 Å². The van der Waals surface area contributed by atoms with Crippen molar-refractivity contribution in [2.24, 2.45) is 5.41 Å². The molecule has 0 unspecified atom stereocenters. The van der Waals surface area contributed by atoms with Crippen LogP contribution in [0.5, 0.6) is 0 Å². The van der Waals surface area contributed by atoms with Crippen LogP contribution >= 0.6 is 23.2 Å². The van der Waals surface area contributed by atoms with E-state index in [1.165, 1.54) is 6.33 Å². The summed E-state index contributed by atoms with van der Waals surface area (Å²) >= 11 is 11.7. The fourth-order valence-corrected chi connectivity index (χ4v) is 1.08. The molecule has 1 aromatic heterocycles. The molecule has 0 radical (unpaired) electrons. The fourth-order valence-electron chi connectivity index (χ4n) is 0.813. The molecule has 0 aliphatic rings. The Kier molecular flexibility index (Phi) is 3.96. The van der Waals surface area contributed by atoms with E-state index < -0.39 is 0 Å². The van der Waals surface area contributed by atoms with Crippen molar-refractivity contribution in [1.82, 2.24) is 9.97 Å². The summed E-state index contributed by atoms with van der Waals surface area (Å²) in [6, 6.07) is 0. The highest BCUT2D eigenvalue weighted by molar-refractivity contribution is 6.32. The molecular weight excluding hydrogens is 221 g/mol. The van der Waals surface area contributed by atoms with Gasteiger partial charge in [-0.2, -0.15) is 0 Å². The quantitative estimate of drug-likeness (QED) is 0.814. The van der Waals surface area contributed by atoms with Gasteiger partial charge in [-0.15, -0.1) is 11.6 Å². The van der Waals surface area contributed by atoms with Gasteiger partial charge in [0.2, 0.25) is 0 Å². The zero-order chi connectivity index (χ0) is 10.6. The van der Waals surface area contributed by atoms with Gasteiger partial charge in [0.15, 0.2) is 0 Å². The average Bonchev–Trinajstić information content (AvgIpc) is 2.17. The van der Waals surface area contributed by atoms with E-state index in [2.05, 4.69) is 29.1 Å². The van der Waals surface area contributed by atoms with Gasteiger partial charge in [-0.25, -0.2) is 9.97 Å². The molecule has 1 rings (SSSR count). The van der Waals surface area contributed by atoms with Crippen LogP contribution < -0.4 is 5.32 Å². The van der Waals surface area contributed by atoms with E-state index in [4.69, 9.17) is 23.2 Å². The molecular formula is C9H13Cl2N3. The van der Waals surface area contributed by atoms with E-state index in [-0.39, 0.29) is 5.41 Å². The van der Waals surface area contributed by atoms with Crippen molar-refractivity contribution >= 4 is 29.0 Å². The monoisotopic (exact) mass is 233 g/mol. The van der Waals surface area contributed by atoms with Gasteiger partial charge >= 0.3 is 0 Å². The smallest absolute Gasteiger partial charge is 0.148 e. The number of rotatable bonds is 4. The molecule has 1 heterocycles. The maximum Gasteiger partial charge on any atom is 0.148 e. The number of halogens is 2. The Morgan fingerprint density at radius 2 is 2.21 bits per heavy atom. The van der Waals surface area contributed by atoms with E-state index in [1.54, 1.807) is 6.20 Å². The van der Waals surface area contributed by atoms with Gasteiger partial charge in [0, 0.05) is 12.4 Å². The first kappa shape index (κ1) is 11.5. The first-order valence-corrected chi connectivity index (χ1v) is 5.22. The molecule has 78 valence electrons. The number of hydrogen-bond donors (Lipinski definition) is 1. The van der Waals surface area contributed by atoms with Gasteiger partial charge in [-0.05, 0) is 5.41 Å².